The van der Waals surface area contributed by atoms with Crippen molar-refractivity contribution in [3.05, 3.63) is 49.8 Å². The fourth-order valence-electron chi connectivity index (χ4n) is 1.53. The van der Waals surface area contributed by atoms with Crippen molar-refractivity contribution in [2.24, 2.45) is 0 Å². The molecule has 3 nitrogen and oxygen atoms in total. The van der Waals surface area contributed by atoms with Crippen LogP contribution in [0.15, 0.2) is 34.8 Å². The second-order valence-corrected chi connectivity index (χ2v) is 5.92. The van der Waals surface area contributed by atoms with Gasteiger partial charge in [-0.2, -0.15) is 0 Å². The van der Waals surface area contributed by atoms with E-state index < -0.39 is 0 Å². The highest BCUT2D eigenvalue weighted by atomic mass is 127. The molecule has 0 aliphatic heterocycles. The van der Waals surface area contributed by atoms with Gasteiger partial charge in [0, 0.05) is 19.4 Å². The fourth-order valence-corrected chi connectivity index (χ4v) is 2.24. The summed E-state index contributed by atoms with van der Waals surface area (Å²) in [7, 11) is 0. The van der Waals surface area contributed by atoms with Crippen LogP contribution in [-0.4, -0.2) is 10.1 Å². The summed E-state index contributed by atoms with van der Waals surface area (Å²) in [5.41, 5.74) is 2.54. The summed E-state index contributed by atoms with van der Waals surface area (Å²) in [4.78, 5) is 4.30. The highest BCUT2D eigenvalue weighted by Gasteiger charge is 2.04. The van der Waals surface area contributed by atoms with Crippen LogP contribution in [0.25, 0.3) is 0 Å². The van der Waals surface area contributed by atoms with E-state index in [-0.39, 0.29) is 5.75 Å². The number of aromatic hydroxyl groups is 1. The minimum atomic E-state index is 0.220. The van der Waals surface area contributed by atoms with Gasteiger partial charge in [0.05, 0.1) is 6.54 Å². The maximum Gasteiger partial charge on any atom is 0.138 e. The SMILES string of the molecule is Cc1ccc(O)c(CNc2ccc(I)c(Br)c2)n1. The zero-order chi connectivity index (χ0) is 13.1. The fraction of sp³-hybridized carbons (Fsp3) is 0.154. The van der Waals surface area contributed by atoms with E-state index in [1.807, 2.05) is 25.1 Å². The number of rotatable bonds is 3. The minimum Gasteiger partial charge on any atom is -0.506 e. The van der Waals surface area contributed by atoms with Crippen LogP contribution < -0.4 is 5.32 Å². The largest absolute Gasteiger partial charge is 0.506 e. The van der Waals surface area contributed by atoms with E-state index in [1.165, 1.54) is 0 Å². The second-order valence-electron chi connectivity index (χ2n) is 3.90. The third kappa shape index (κ3) is 3.35. The number of benzene rings is 1. The number of pyridine rings is 1. The molecule has 18 heavy (non-hydrogen) atoms. The number of halogens is 2. The van der Waals surface area contributed by atoms with Crippen molar-refractivity contribution in [1.29, 1.82) is 0 Å². The van der Waals surface area contributed by atoms with Gasteiger partial charge in [-0.15, -0.1) is 0 Å². The number of hydrogen-bond acceptors (Lipinski definition) is 3. The van der Waals surface area contributed by atoms with Crippen LogP contribution in [0, 0.1) is 10.5 Å². The quantitative estimate of drug-likeness (QED) is 0.738. The molecule has 0 saturated heterocycles. The molecule has 0 radical (unpaired) electrons. The van der Waals surface area contributed by atoms with Crippen LogP contribution >= 0.6 is 38.5 Å². The van der Waals surface area contributed by atoms with E-state index in [4.69, 9.17) is 0 Å². The zero-order valence-corrected chi connectivity index (χ0v) is 13.5. The van der Waals surface area contributed by atoms with Crippen molar-refractivity contribution in [2.45, 2.75) is 13.5 Å². The molecule has 1 heterocycles. The van der Waals surface area contributed by atoms with Crippen molar-refractivity contribution in [1.82, 2.24) is 4.98 Å². The lowest BCUT2D eigenvalue weighted by Gasteiger charge is -2.09. The first kappa shape index (κ1) is 13.6. The third-order valence-corrected chi connectivity index (χ3v) is 4.81. The summed E-state index contributed by atoms with van der Waals surface area (Å²) in [5.74, 6) is 0.220. The van der Waals surface area contributed by atoms with Crippen LogP contribution in [0.3, 0.4) is 0 Å². The molecule has 0 spiro atoms. The van der Waals surface area contributed by atoms with Crippen molar-refractivity contribution < 1.29 is 5.11 Å². The third-order valence-electron chi connectivity index (χ3n) is 2.47. The summed E-state index contributed by atoms with van der Waals surface area (Å²) in [6.07, 6.45) is 0. The predicted octanol–water partition coefficient (Wildman–Crippen LogP) is 4.07. The van der Waals surface area contributed by atoms with Crippen molar-refractivity contribution in [3.8, 4) is 5.75 Å². The summed E-state index contributed by atoms with van der Waals surface area (Å²) < 4.78 is 2.21. The molecular weight excluding hydrogens is 407 g/mol. The van der Waals surface area contributed by atoms with Crippen LogP contribution in [0.1, 0.15) is 11.4 Å². The molecule has 0 saturated carbocycles. The Morgan fingerprint density at radius 3 is 2.83 bits per heavy atom. The first-order chi connectivity index (χ1) is 8.56. The maximum atomic E-state index is 9.70. The van der Waals surface area contributed by atoms with Crippen molar-refractivity contribution >= 4 is 44.2 Å². The molecule has 2 aromatic rings. The highest BCUT2D eigenvalue weighted by Crippen LogP contribution is 2.24. The summed E-state index contributed by atoms with van der Waals surface area (Å²) in [6.45, 7) is 2.41. The molecule has 5 heteroatoms. The van der Waals surface area contributed by atoms with E-state index in [0.29, 0.717) is 12.2 Å². The van der Waals surface area contributed by atoms with E-state index in [1.54, 1.807) is 12.1 Å². The van der Waals surface area contributed by atoms with Crippen molar-refractivity contribution in [3.63, 3.8) is 0 Å². The lowest BCUT2D eigenvalue weighted by atomic mass is 10.2. The molecule has 2 rings (SSSR count). The smallest absolute Gasteiger partial charge is 0.138 e. The van der Waals surface area contributed by atoms with Gasteiger partial charge >= 0.3 is 0 Å². The van der Waals surface area contributed by atoms with Gasteiger partial charge in [-0.05, 0) is 75.8 Å². The molecule has 0 aliphatic carbocycles. The molecule has 0 amide bonds. The van der Waals surface area contributed by atoms with E-state index in [0.717, 1.165) is 19.4 Å². The van der Waals surface area contributed by atoms with Gasteiger partial charge in [0.25, 0.3) is 0 Å². The first-order valence-corrected chi connectivity index (χ1v) is 7.28. The average molecular weight is 419 g/mol. The van der Waals surface area contributed by atoms with Gasteiger partial charge < -0.3 is 10.4 Å². The standard InChI is InChI=1S/C13H12BrIN2O/c1-8-2-5-13(18)12(17-8)7-16-9-3-4-11(15)10(14)6-9/h2-6,16,18H,7H2,1H3. The van der Waals surface area contributed by atoms with Crippen molar-refractivity contribution in [2.75, 3.05) is 5.32 Å². The average Bonchev–Trinajstić information content (AvgIpc) is 2.34. The minimum absolute atomic E-state index is 0.220. The first-order valence-electron chi connectivity index (χ1n) is 5.40. The van der Waals surface area contributed by atoms with Crippen LogP contribution in [-0.2, 0) is 6.54 Å². The number of anilines is 1. The molecule has 0 bridgehead atoms. The Morgan fingerprint density at radius 2 is 2.11 bits per heavy atom. The van der Waals surface area contributed by atoms with Gasteiger partial charge in [0.15, 0.2) is 0 Å². The topological polar surface area (TPSA) is 45.1 Å². The molecule has 0 aliphatic rings. The molecular formula is C13H12BrIN2O. The van der Waals surface area contributed by atoms with Gasteiger partial charge in [-0.25, -0.2) is 0 Å². The van der Waals surface area contributed by atoms with Gasteiger partial charge in [-0.3, -0.25) is 4.98 Å². The summed E-state index contributed by atoms with van der Waals surface area (Å²) in [5, 5.41) is 12.9. The summed E-state index contributed by atoms with van der Waals surface area (Å²) >= 11 is 5.75. The van der Waals surface area contributed by atoms with E-state index in [2.05, 4.69) is 48.8 Å². The Kier molecular flexibility index (Phi) is 4.45. The number of hydrogen-bond donors (Lipinski definition) is 2. The van der Waals surface area contributed by atoms with Gasteiger partial charge in [-0.1, -0.05) is 0 Å². The van der Waals surface area contributed by atoms with Crippen LogP contribution in [0.4, 0.5) is 5.69 Å². The molecule has 94 valence electrons. The molecule has 0 unspecified atom stereocenters. The highest BCUT2D eigenvalue weighted by molar-refractivity contribution is 14.1. The molecule has 0 fully saturated rings. The summed E-state index contributed by atoms with van der Waals surface area (Å²) in [6, 6.07) is 9.49. The lowest BCUT2D eigenvalue weighted by Crippen LogP contribution is -2.03. The molecule has 1 aromatic carbocycles. The molecule has 2 N–H and O–H groups in total. The number of aryl methyl sites for hydroxylation is 1. The van der Waals surface area contributed by atoms with Gasteiger partial charge in [0.1, 0.15) is 11.4 Å². The Balaban J connectivity index is 2.11. The zero-order valence-electron chi connectivity index (χ0n) is 9.74. The molecule has 0 atom stereocenters. The maximum absolute atomic E-state index is 9.70. The number of aromatic nitrogens is 1. The normalized spacial score (nSPS) is 10.4. The van der Waals surface area contributed by atoms with Crippen LogP contribution in [0.2, 0.25) is 0 Å². The number of nitrogens with zero attached hydrogens (tertiary/aromatic N) is 1. The molecule has 1 aromatic heterocycles. The predicted molar refractivity (Wildman–Crippen MR) is 84.8 cm³/mol. The Labute approximate surface area is 128 Å². The van der Waals surface area contributed by atoms with E-state index in [9.17, 15) is 5.11 Å². The Bertz CT molecular complexity index is 575. The number of nitrogens with one attached hydrogen (secondary N) is 1. The second kappa shape index (κ2) is 5.88. The van der Waals surface area contributed by atoms with Gasteiger partial charge in [0.2, 0.25) is 0 Å². The lowest BCUT2D eigenvalue weighted by molar-refractivity contribution is 0.464. The Hall–Kier alpha value is -0.820. The Morgan fingerprint density at radius 1 is 1.33 bits per heavy atom. The van der Waals surface area contributed by atoms with E-state index >= 15 is 0 Å². The van der Waals surface area contributed by atoms with Crippen LogP contribution in [0.5, 0.6) is 5.75 Å². The monoisotopic (exact) mass is 418 g/mol.